The molecule has 11 heavy (non-hydrogen) atoms. The number of carbonyl (C=O) groups is 1. The molecule has 58 valence electrons. The summed E-state index contributed by atoms with van der Waals surface area (Å²) in [4.78, 5) is 15.8. The lowest BCUT2D eigenvalue weighted by atomic mass is 10.3. The molecule has 2 aliphatic rings. The zero-order valence-electron chi connectivity index (χ0n) is 5.70. The number of rotatable bonds is 0. The number of thioether (sulfide) groups is 1. The predicted molar refractivity (Wildman–Crippen MR) is 43.8 cm³/mol. The van der Waals surface area contributed by atoms with Gasteiger partial charge in [-0.1, -0.05) is 17.8 Å². The highest BCUT2D eigenvalue weighted by Crippen LogP contribution is 2.29. The van der Waals surface area contributed by atoms with Gasteiger partial charge in [0.1, 0.15) is 5.84 Å². The molecule has 2 heterocycles. The van der Waals surface area contributed by atoms with E-state index in [0.29, 0.717) is 12.3 Å². The smallest absolute Gasteiger partial charge is 0.229 e. The summed E-state index contributed by atoms with van der Waals surface area (Å²) >= 11 is 1.47. The van der Waals surface area contributed by atoms with Crippen LogP contribution in [0.25, 0.3) is 0 Å². The Morgan fingerprint density at radius 1 is 1.82 bits per heavy atom. The number of amidine groups is 1. The van der Waals surface area contributed by atoms with Crippen LogP contribution in [-0.2, 0) is 4.79 Å². The van der Waals surface area contributed by atoms with Gasteiger partial charge in [0.25, 0.3) is 0 Å². The van der Waals surface area contributed by atoms with E-state index in [2.05, 4.69) is 10.3 Å². The molecule has 0 spiro atoms. The van der Waals surface area contributed by atoms with Gasteiger partial charge in [-0.05, 0) is 0 Å². The van der Waals surface area contributed by atoms with Crippen LogP contribution in [0, 0.1) is 0 Å². The van der Waals surface area contributed by atoms with Gasteiger partial charge in [-0.2, -0.15) is 0 Å². The van der Waals surface area contributed by atoms with Gasteiger partial charge in [0.15, 0.2) is 5.50 Å². The molecule has 0 saturated heterocycles. The number of hydrogen-bond donors (Lipinski definition) is 2. The Labute approximate surface area is 67.9 Å². The molecule has 1 amide bonds. The Balaban J connectivity index is 2.31. The summed E-state index contributed by atoms with van der Waals surface area (Å²) in [5.74, 6) is 0.626. The van der Waals surface area contributed by atoms with Crippen molar-refractivity contribution in [1.82, 2.24) is 5.32 Å². The van der Waals surface area contributed by atoms with Gasteiger partial charge in [-0.25, -0.2) is 4.99 Å². The molecule has 0 aromatic rings. The van der Waals surface area contributed by atoms with Crippen LogP contribution in [-0.4, -0.2) is 17.2 Å². The summed E-state index contributed by atoms with van der Waals surface area (Å²) in [5.41, 5.74) is 5.28. The molecule has 0 bridgehead atoms. The summed E-state index contributed by atoms with van der Waals surface area (Å²) in [5, 5.41) is 2.65. The molecule has 3 N–H and O–H groups in total. The SMILES string of the molecule is NC1N=C2NC(=O)CC=C2S1. The number of amides is 1. The zero-order chi connectivity index (χ0) is 7.84. The van der Waals surface area contributed by atoms with Gasteiger partial charge in [-0.3, -0.25) is 4.79 Å². The number of aliphatic imine (C=N–C) groups is 1. The van der Waals surface area contributed by atoms with E-state index < -0.39 is 0 Å². The first-order chi connectivity index (χ1) is 5.25. The number of hydrogen-bond acceptors (Lipinski definition) is 4. The standard InChI is InChI=1S/C6H7N3OS/c7-6-9-5-3(11-6)1-2-4(10)8-5/h1,6H,2,7H2,(H,8,9,10). The van der Waals surface area contributed by atoms with E-state index in [1.54, 1.807) is 0 Å². The first kappa shape index (κ1) is 6.87. The van der Waals surface area contributed by atoms with Gasteiger partial charge in [0, 0.05) is 11.3 Å². The van der Waals surface area contributed by atoms with Crippen LogP contribution in [0.3, 0.4) is 0 Å². The van der Waals surface area contributed by atoms with Crippen LogP contribution in [0.1, 0.15) is 6.42 Å². The van der Waals surface area contributed by atoms with Crippen molar-refractivity contribution in [2.45, 2.75) is 11.9 Å². The van der Waals surface area contributed by atoms with Gasteiger partial charge < -0.3 is 11.1 Å². The van der Waals surface area contributed by atoms with Crippen LogP contribution in [0.5, 0.6) is 0 Å². The largest absolute Gasteiger partial charge is 0.310 e. The van der Waals surface area contributed by atoms with E-state index >= 15 is 0 Å². The summed E-state index contributed by atoms with van der Waals surface area (Å²) < 4.78 is 0. The topological polar surface area (TPSA) is 67.5 Å². The number of nitrogens with zero attached hydrogens (tertiary/aromatic N) is 1. The predicted octanol–water partition coefficient (Wildman–Crippen LogP) is -0.222. The van der Waals surface area contributed by atoms with Crippen molar-refractivity contribution in [1.29, 1.82) is 0 Å². The van der Waals surface area contributed by atoms with Crippen molar-refractivity contribution in [3.8, 4) is 0 Å². The molecule has 5 heteroatoms. The fourth-order valence-electron chi connectivity index (χ4n) is 1.01. The third-order valence-corrected chi connectivity index (χ3v) is 2.43. The summed E-state index contributed by atoms with van der Waals surface area (Å²) in [6.07, 6.45) is 2.29. The fourth-order valence-corrected chi connectivity index (χ4v) is 1.82. The van der Waals surface area contributed by atoms with Crippen LogP contribution in [0.15, 0.2) is 16.0 Å². The molecular weight excluding hydrogens is 162 g/mol. The van der Waals surface area contributed by atoms with Gasteiger partial charge >= 0.3 is 0 Å². The molecule has 0 aliphatic carbocycles. The van der Waals surface area contributed by atoms with Crippen LogP contribution in [0.4, 0.5) is 0 Å². The van der Waals surface area contributed by atoms with Crippen molar-refractivity contribution in [2.24, 2.45) is 10.7 Å². The normalized spacial score (nSPS) is 28.8. The highest BCUT2D eigenvalue weighted by molar-refractivity contribution is 8.04. The maximum Gasteiger partial charge on any atom is 0.229 e. The van der Waals surface area contributed by atoms with Crippen LogP contribution in [0.2, 0.25) is 0 Å². The molecular formula is C6H7N3OS. The highest BCUT2D eigenvalue weighted by atomic mass is 32.2. The minimum absolute atomic E-state index is 0.0119. The zero-order valence-corrected chi connectivity index (χ0v) is 6.52. The van der Waals surface area contributed by atoms with Gasteiger partial charge in [0.05, 0.1) is 0 Å². The molecule has 0 aromatic heterocycles. The Bertz CT molecular complexity index is 271. The Morgan fingerprint density at radius 3 is 3.45 bits per heavy atom. The average molecular weight is 169 g/mol. The number of carbonyl (C=O) groups excluding carboxylic acids is 1. The number of nitrogens with two attached hydrogens (primary N) is 1. The molecule has 0 aromatic carbocycles. The maximum absolute atomic E-state index is 10.8. The summed E-state index contributed by atoms with van der Waals surface area (Å²) in [6.45, 7) is 0. The van der Waals surface area contributed by atoms with Gasteiger partial charge in [-0.15, -0.1) is 0 Å². The van der Waals surface area contributed by atoms with E-state index in [1.807, 2.05) is 6.08 Å². The Kier molecular flexibility index (Phi) is 1.47. The van der Waals surface area contributed by atoms with Crippen molar-refractivity contribution < 1.29 is 4.79 Å². The second-order valence-corrected chi connectivity index (χ2v) is 3.47. The molecule has 2 rings (SSSR count). The van der Waals surface area contributed by atoms with Gasteiger partial charge in [0.2, 0.25) is 5.91 Å². The minimum atomic E-state index is -0.241. The second kappa shape index (κ2) is 2.35. The molecule has 0 saturated carbocycles. The fraction of sp³-hybridized carbons (Fsp3) is 0.333. The molecule has 1 atom stereocenters. The van der Waals surface area contributed by atoms with Crippen molar-refractivity contribution in [3.63, 3.8) is 0 Å². The number of nitrogens with one attached hydrogen (secondary N) is 1. The molecule has 2 aliphatic heterocycles. The first-order valence-electron chi connectivity index (χ1n) is 3.26. The van der Waals surface area contributed by atoms with E-state index in [-0.39, 0.29) is 11.4 Å². The van der Waals surface area contributed by atoms with E-state index in [9.17, 15) is 4.79 Å². The third-order valence-electron chi connectivity index (χ3n) is 1.47. The highest BCUT2D eigenvalue weighted by Gasteiger charge is 2.24. The van der Waals surface area contributed by atoms with Crippen molar-refractivity contribution in [2.75, 3.05) is 0 Å². The molecule has 0 fully saturated rings. The van der Waals surface area contributed by atoms with Crippen LogP contribution < -0.4 is 11.1 Å². The Hall–Kier alpha value is -0.810. The lowest BCUT2D eigenvalue weighted by Crippen LogP contribution is -2.32. The molecule has 4 nitrogen and oxygen atoms in total. The van der Waals surface area contributed by atoms with E-state index in [1.165, 1.54) is 11.8 Å². The maximum atomic E-state index is 10.8. The lowest BCUT2D eigenvalue weighted by Gasteiger charge is -2.09. The van der Waals surface area contributed by atoms with Crippen molar-refractivity contribution >= 4 is 23.5 Å². The number of fused-ring (bicyclic) bond motifs is 1. The lowest BCUT2D eigenvalue weighted by molar-refractivity contribution is -0.118. The van der Waals surface area contributed by atoms with E-state index in [4.69, 9.17) is 5.73 Å². The Morgan fingerprint density at radius 2 is 2.64 bits per heavy atom. The molecule has 0 radical (unpaired) electrons. The monoisotopic (exact) mass is 169 g/mol. The summed E-state index contributed by atoms with van der Waals surface area (Å²) in [7, 11) is 0. The van der Waals surface area contributed by atoms with E-state index in [0.717, 1.165) is 4.91 Å². The molecule has 1 unspecified atom stereocenters. The average Bonchev–Trinajstić information content (AvgIpc) is 2.27. The third kappa shape index (κ3) is 1.17. The van der Waals surface area contributed by atoms with Crippen molar-refractivity contribution in [3.05, 3.63) is 11.0 Å². The second-order valence-electron chi connectivity index (χ2n) is 2.31. The van der Waals surface area contributed by atoms with Crippen LogP contribution >= 0.6 is 11.8 Å². The summed E-state index contributed by atoms with van der Waals surface area (Å²) in [6, 6.07) is 0. The quantitative estimate of drug-likeness (QED) is 0.526. The minimum Gasteiger partial charge on any atom is -0.310 e. The first-order valence-corrected chi connectivity index (χ1v) is 4.14.